The van der Waals surface area contributed by atoms with Crippen LogP contribution >= 0.6 is 0 Å². The van der Waals surface area contributed by atoms with Crippen molar-refractivity contribution in [1.82, 2.24) is 4.31 Å². The maximum Gasteiger partial charge on any atom is 0.270 e. The minimum absolute atomic E-state index is 0.0908. The van der Waals surface area contributed by atoms with E-state index in [-0.39, 0.29) is 41.9 Å². The number of anilines is 1. The highest BCUT2D eigenvalue weighted by Crippen LogP contribution is 2.31. The Hall–Kier alpha value is -1.75. The summed E-state index contributed by atoms with van der Waals surface area (Å²) in [6.45, 7) is 0.356. The number of hydrogen-bond donors (Lipinski definition) is 3. The van der Waals surface area contributed by atoms with E-state index >= 15 is 0 Å². The zero-order valence-electron chi connectivity index (χ0n) is 11.1. The van der Waals surface area contributed by atoms with Gasteiger partial charge in [0.25, 0.3) is 5.69 Å². The van der Waals surface area contributed by atoms with Crippen LogP contribution in [0.2, 0.25) is 0 Å². The Morgan fingerprint density at radius 1 is 1.52 bits per heavy atom. The lowest BCUT2D eigenvalue weighted by Crippen LogP contribution is -2.30. The number of nitro benzene ring substituents is 1. The average Bonchev–Trinajstić information content (AvgIpc) is 2.96. The van der Waals surface area contributed by atoms with E-state index in [0.717, 1.165) is 6.07 Å². The molecule has 0 saturated carbocycles. The highest BCUT2D eigenvalue weighted by atomic mass is 32.2. The van der Waals surface area contributed by atoms with Gasteiger partial charge in [0.1, 0.15) is 4.90 Å². The number of rotatable bonds is 5. The van der Waals surface area contributed by atoms with E-state index in [9.17, 15) is 18.5 Å². The molecule has 0 aromatic heterocycles. The number of hydrazine groups is 1. The van der Waals surface area contributed by atoms with Crippen LogP contribution < -0.4 is 11.3 Å². The van der Waals surface area contributed by atoms with Crippen molar-refractivity contribution in [3.8, 4) is 0 Å². The first-order valence-electron chi connectivity index (χ1n) is 6.26. The van der Waals surface area contributed by atoms with Crippen molar-refractivity contribution in [1.29, 1.82) is 0 Å². The van der Waals surface area contributed by atoms with Crippen LogP contribution in [0.5, 0.6) is 0 Å². The van der Waals surface area contributed by atoms with Gasteiger partial charge in [-0.15, -0.1) is 0 Å². The maximum absolute atomic E-state index is 12.6. The lowest BCUT2D eigenvalue weighted by molar-refractivity contribution is -0.385. The van der Waals surface area contributed by atoms with Crippen LogP contribution in [-0.4, -0.2) is 42.4 Å². The third kappa shape index (κ3) is 2.97. The van der Waals surface area contributed by atoms with Crippen molar-refractivity contribution in [2.75, 3.05) is 25.1 Å². The summed E-state index contributed by atoms with van der Waals surface area (Å²) in [7, 11) is -3.91. The van der Waals surface area contributed by atoms with Gasteiger partial charge >= 0.3 is 0 Å². The highest BCUT2D eigenvalue weighted by molar-refractivity contribution is 7.89. The molecule has 1 heterocycles. The molecule has 1 unspecified atom stereocenters. The standard InChI is InChI=1S/C11H16N4O5S/c12-13-10-2-1-9(15(17)18)5-11(10)21(19,20)14-4-3-8(6-14)7-16/h1-2,5,8,13,16H,3-4,6-7,12H2. The van der Waals surface area contributed by atoms with Gasteiger partial charge in [-0.3, -0.25) is 16.0 Å². The summed E-state index contributed by atoms with van der Waals surface area (Å²) in [6, 6.07) is 3.41. The first kappa shape index (κ1) is 15.6. The summed E-state index contributed by atoms with van der Waals surface area (Å²) in [4.78, 5) is 9.91. The van der Waals surface area contributed by atoms with Gasteiger partial charge in [0.05, 0.1) is 10.6 Å². The van der Waals surface area contributed by atoms with E-state index in [1.54, 1.807) is 0 Å². The normalized spacial score (nSPS) is 19.6. The molecule has 21 heavy (non-hydrogen) atoms. The fourth-order valence-corrected chi connectivity index (χ4v) is 3.97. The first-order valence-corrected chi connectivity index (χ1v) is 7.70. The Balaban J connectivity index is 2.43. The van der Waals surface area contributed by atoms with Crippen molar-refractivity contribution < 1.29 is 18.4 Å². The molecule has 1 atom stereocenters. The van der Waals surface area contributed by atoms with Crippen LogP contribution in [0.4, 0.5) is 11.4 Å². The van der Waals surface area contributed by atoms with Gasteiger partial charge in [0.15, 0.2) is 0 Å². The van der Waals surface area contributed by atoms with Gasteiger partial charge in [-0.25, -0.2) is 8.42 Å². The van der Waals surface area contributed by atoms with Crippen LogP contribution in [0.1, 0.15) is 6.42 Å². The van der Waals surface area contributed by atoms with E-state index < -0.39 is 14.9 Å². The number of nitro groups is 1. The number of hydrogen-bond acceptors (Lipinski definition) is 7. The van der Waals surface area contributed by atoms with E-state index in [1.807, 2.05) is 0 Å². The maximum atomic E-state index is 12.6. The van der Waals surface area contributed by atoms with Gasteiger partial charge in [-0.05, 0) is 18.4 Å². The number of nitrogens with zero attached hydrogens (tertiary/aromatic N) is 2. The van der Waals surface area contributed by atoms with Crippen LogP contribution in [-0.2, 0) is 10.0 Å². The first-order chi connectivity index (χ1) is 9.90. The fraction of sp³-hybridized carbons (Fsp3) is 0.455. The second kappa shape index (κ2) is 5.93. The highest BCUT2D eigenvalue weighted by Gasteiger charge is 2.34. The fourth-order valence-electron chi connectivity index (χ4n) is 2.26. The molecule has 1 aromatic carbocycles. The molecule has 1 aliphatic heterocycles. The molecule has 9 nitrogen and oxygen atoms in total. The monoisotopic (exact) mass is 316 g/mol. The molecule has 2 rings (SSSR count). The number of non-ortho nitro benzene ring substituents is 1. The zero-order valence-corrected chi connectivity index (χ0v) is 11.9. The lowest BCUT2D eigenvalue weighted by atomic mass is 10.1. The summed E-state index contributed by atoms with van der Waals surface area (Å²) in [5.41, 5.74) is 2.00. The van der Waals surface area contributed by atoms with Crippen molar-refractivity contribution in [3.63, 3.8) is 0 Å². The Morgan fingerprint density at radius 3 is 2.76 bits per heavy atom. The second-order valence-corrected chi connectivity index (χ2v) is 6.69. The van der Waals surface area contributed by atoms with Crippen molar-refractivity contribution in [2.24, 2.45) is 11.8 Å². The van der Waals surface area contributed by atoms with Crippen LogP contribution in [0.3, 0.4) is 0 Å². The van der Waals surface area contributed by atoms with Gasteiger partial charge in [0.2, 0.25) is 10.0 Å². The molecule has 4 N–H and O–H groups in total. The Labute approximate surface area is 121 Å². The van der Waals surface area contributed by atoms with E-state index in [1.165, 1.54) is 16.4 Å². The molecule has 0 bridgehead atoms. The quantitative estimate of drug-likeness (QED) is 0.391. The number of aliphatic hydroxyl groups is 1. The van der Waals surface area contributed by atoms with Crippen LogP contribution in [0, 0.1) is 16.0 Å². The summed E-state index contributed by atoms with van der Waals surface area (Å²) >= 11 is 0. The zero-order chi connectivity index (χ0) is 15.6. The lowest BCUT2D eigenvalue weighted by Gasteiger charge is -2.18. The smallest absolute Gasteiger partial charge is 0.270 e. The average molecular weight is 316 g/mol. The van der Waals surface area contributed by atoms with Crippen molar-refractivity contribution >= 4 is 21.4 Å². The van der Waals surface area contributed by atoms with Crippen molar-refractivity contribution in [2.45, 2.75) is 11.3 Å². The predicted molar refractivity (Wildman–Crippen MR) is 74.9 cm³/mol. The van der Waals surface area contributed by atoms with Gasteiger partial charge in [0, 0.05) is 31.8 Å². The summed E-state index contributed by atoms with van der Waals surface area (Å²) < 4.78 is 26.4. The molecule has 1 fully saturated rings. The summed E-state index contributed by atoms with van der Waals surface area (Å²) in [5.74, 6) is 5.17. The van der Waals surface area contributed by atoms with E-state index in [2.05, 4.69) is 5.43 Å². The summed E-state index contributed by atoms with van der Waals surface area (Å²) in [6.07, 6.45) is 0.552. The van der Waals surface area contributed by atoms with Gasteiger partial charge < -0.3 is 10.5 Å². The Bertz CT molecular complexity index is 648. The molecule has 0 amide bonds. The van der Waals surface area contributed by atoms with Crippen LogP contribution in [0.15, 0.2) is 23.1 Å². The number of aliphatic hydroxyl groups excluding tert-OH is 1. The number of benzene rings is 1. The molecule has 0 aliphatic carbocycles. The second-order valence-electron chi connectivity index (χ2n) is 4.78. The molecule has 1 aliphatic rings. The molecule has 1 aromatic rings. The largest absolute Gasteiger partial charge is 0.396 e. The van der Waals surface area contributed by atoms with Gasteiger partial charge in [-0.1, -0.05) is 0 Å². The molecular weight excluding hydrogens is 300 g/mol. The van der Waals surface area contributed by atoms with Crippen LogP contribution in [0.25, 0.3) is 0 Å². The SMILES string of the molecule is NNc1ccc([N+](=O)[O-])cc1S(=O)(=O)N1CCC(CO)C1. The van der Waals surface area contributed by atoms with Crippen molar-refractivity contribution in [3.05, 3.63) is 28.3 Å². The molecule has 116 valence electrons. The molecule has 10 heteroatoms. The molecule has 1 saturated heterocycles. The minimum atomic E-state index is -3.91. The summed E-state index contributed by atoms with van der Waals surface area (Å²) in [5, 5.41) is 19.9. The number of nitrogens with two attached hydrogens (primary N) is 1. The van der Waals surface area contributed by atoms with E-state index in [4.69, 9.17) is 10.9 Å². The number of sulfonamides is 1. The molecular formula is C11H16N4O5S. The molecule has 0 spiro atoms. The Morgan fingerprint density at radius 2 is 2.24 bits per heavy atom. The van der Waals surface area contributed by atoms with Gasteiger partial charge in [-0.2, -0.15) is 4.31 Å². The Kier molecular flexibility index (Phi) is 4.42. The number of nitrogens with one attached hydrogen (secondary N) is 1. The third-order valence-corrected chi connectivity index (χ3v) is 5.36. The third-order valence-electron chi connectivity index (χ3n) is 3.46. The minimum Gasteiger partial charge on any atom is -0.396 e. The predicted octanol–water partition coefficient (Wildman–Crippen LogP) is -0.117. The number of nitrogen functional groups attached to an aromatic ring is 1. The molecule has 0 radical (unpaired) electrons. The van der Waals surface area contributed by atoms with E-state index in [0.29, 0.717) is 6.42 Å². The topological polar surface area (TPSA) is 139 Å².